The largest absolute Gasteiger partial charge is 0.354 e. The van der Waals surface area contributed by atoms with Crippen molar-refractivity contribution in [1.29, 1.82) is 0 Å². The Morgan fingerprint density at radius 1 is 1.14 bits per heavy atom. The predicted molar refractivity (Wildman–Crippen MR) is 87.3 cm³/mol. The summed E-state index contributed by atoms with van der Waals surface area (Å²) in [7, 11) is 0. The second-order valence-corrected chi connectivity index (χ2v) is 5.79. The molecule has 1 aromatic carbocycles. The highest BCUT2D eigenvalue weighted by Gasteiger charge is 2.17. The topological polar surface area (TPSA) is 41.1 Å². The summed E-state index contributed by atoms with van der Waals surface area (Å²) in [6.07, 6.45) is 4.63. The Kier molecular flexibility index (Phi) is 4.22. The molecule has 1 fully saturated rings. The summed E-state index contributed by atoms with van der Waals surface area (Å²) in [5.41, 5.74) is 3.30. The molecule has 1 aliphatic rings. The number of rotatable bonds is 3. The summed E-state index contributed by atoms with van der Waals surface area (Å²) in [5.74, 6) is 0.492. The van der Waals surface area contributed by atoms with Crippen LogP contribution in [0.3, 0.4) is 0 Å². The van der Waals surface area contributed by atoms with Gasteiger partial charge >= 0.3 is 0 Å². The molecule has 0 saturated carbocycles. The molecule has 2 aromatic rings. The molecular formula is C17H21FN4. The highest BCUT2D eigenvalue weighted by atomic mass is 19.1. The van der Waals surface area contributed by atoms with E-state index in [1.807, 2.05) is 24.0 Å². The first-order chi connectivity index (χ1) is 10.6. The summed E-state index contributed by atoms with van der Waals surface area (Å²) >= 11 is 0. The maximum atomic E-state index is 14.0. The van der Waals surface area contributed by atoms with E-state index < -0.39 is 0 Å². The van der Waals surface area contributed by atoms with Crippen molar-refractivity contribution in [3.8, 4) is 0 Å². The number of hydrogen-bond acceptors (Lipinski definition) is 4. The Labute approximate surface area is 130 Å². The zero-order valence-corrected chi connectivity index (χ0v) is 13.1. The van der Waals surface area contributed by atoms with Gasteiger partial charge < -0.3 is 10.2 Å². The van der Waals surface area contributed by atoms with Crippen LogP contribution in [0.25, 0.3) is 0 Å². The zero-order chi connectivity index (χ0) is 15.5. The smallest absolute Gasteiger partial charge is 0.229 e. The minimum atomic E-state index is -0.353. The molecule has 0 spiro atoms. The van der Waals surface area contributed by atoms with E-state index in [9.17, 15) is 4.39 Å². The Hall–Kier alpha value is -2.17. The number of anilines is 3. The molecule has 4 nitrogen and oxygen atoms in total. The van der Waals surface area contributed by atoms with Crippen molar-refractivity contribution in [2.75, 3.05) is 23.3 Å². The van der Waals surface area contributed by atoms with Gasteiger partial charge in [-0.3, -0.25) is 0 Å². The molecule has 22 heavy (non-hydrogen) atoms. The lowest BCUT2D eigenvalue weighted by atomic mass is 10.1. The molecule has 0 radical (unpaired) electrons. The van der Waals surface area contributed by atoms with Gasteiger partial charge in [0.2, 0.25) is 5.95 Å². The molecule has 3 rings (SSSR count). The maximum absolute atomic E-state index is 14.0. The average Bonchev–Trinajstić information content (AvgIpc) is 2.54. The summed E-state index contributed by atoms with van der Waals surface area (Å²) in [5, 5.41) is 3.20. The van der Waals surface area contributed by atoms with E-state index in [-0.39, 0.29) is 5.82 Å². The lowest BCUT2D eigenvalue weighted by Crippen LogP contribution is -2.31. The van der Waals surface area contributed by atoms with Crippen LogP contribution in [0.4, 0.5) is 21.8 Å². The molecule has 5 heteroatoms. The third-order valence-corrected chi connectivity index (χ3v) is 4.23. The van der Waals surface area contributed by atoms with Crippen LogP contribution in [0.1, 0.15) is 30.4 Å². The fourth-order valence-electron chi connectivity index (χ4n) is 2.75. The molecule has 0 atom stereocenters. The van der Waals surface area contributed by atoms with E-state index in [1.54, 1.807) is 0 Å². The van der Waals surface area contributed by atoms with Gasteiger partial charge in [0, 0.05) is 18.8 Å². The number of aryl methyl sites for hydroxylation is 1. The summed E-state index contributed by atoms with van der Waals surface area (Å²) in [4.78, 5) is 10.5. The van der Waals surface area contributed by atoms with Crippen molar-refractivity contribution < 1.29 is 4.39 Å². The van der Waals surface area contributed by atoms with E-state index >= 15 is 0 Å². The Bertz CT molecular complexity index is 666. The molecule has 1 N–H and O–H groups in total. The van der Waals surface area contributed by atoms with Crippen molar-refractivity contribution in [3.63, 3.8) is 0 Å². The van der Waals surface area contributed by atoms with E-state index in [2.05, 4.69) is 28.3 Å². The maximum Gasteiger partial charge on any atom is 0.229 e. The quantitative estimate of drug-likeness (QED) is 0.931. The number of piperidine rings is 1. The van der Waals surface area contributed by atoms with Gasteiger partial charge in [-0.2, -0.15) is 4.98 Å². The molecule has 0 aliphatic carbocycles. The van der Waals surface area contributed by atoms with Crippen LogP contribution in [0.15, 0.2) is 24.4 Å². The Balaban J connectivity index is 1.87. The standard InChI is InChI=1S/C17H21FN4/c1-12-7-6-8-15(13(12)2)20-17-19-11-14(18)16(21-17)22-9-4-3-5-10-22/h6-8,11H,3-5,9-10H2,1-2H3,(H,19,20,21). The number of aromatic nitrogens is 2. The van der Waals surface area contributed by atoms with E-state index in [0.29, 0.717) is 11.8 Å². The third kappa shape index (κ3) is 3.03. The van der Waals surface area contributed by atoms with Crippen LogP contribution in [-0.2, 0) is 0 Å². The fourth-order valence-corrected chi connectivity index (χ4v) is 2.75. The first-order valence-electron chi connectivity index (χ1n) is 7.76. The molecule has 1 aromatic heterocycles. The van der Waals surface area contributed by atoms with E-state index in [4.69, 9.17) is 0 Å². The minimum Gasteiger partial charge on any atom is -0.354 e. The minimum absolute atomic E-state index is 0.353. The van der Waals surface area contributed by atoms with Gasteiger partial charge in [0.15, 0.2) is 11.6 Å². The van der Waals surface area contributed by atoms with Crippen molar-refractivity contribution >= 4 is 17.5 Å². The first-order valence-corrected chi connectivity index (χ1v) is 7.76. The first kappa shape index (κ1) is 14.8. The zero-order valence-electron chi connectivity index (χ0n) is 13.1. The fraction of sp³-hybridized carbons (Fsp3) is 0.412. The number of hydrogen-bond donors (Lipinski definition) is 1. The number of nitrogens with zero attached hydrogens (tertiary/aromatic N) is 3. The lowest BCUT2D eigenvalue weighted by Gasteiger charge is -2.28. The van der Waals surface area contributed by atoms with Gasteiger partial charge in [-0.15, -0.1) is 0 Å². The summed E-state index contributed by atoms with van der Waals surface area (Å²) in [6, 6.07) is 6.03. The van der Waals surface area contributed by atoms with Crippen LogP contribution >= 0.6 is 0 Å². The Morgan fingerprint density at radius 2 is 1.91 bits per heavy atom. The van der Waals surface area contributed by atoms with Gasteiger partial charge in [0.1, 0.15) is 0 Å². The molecule has 0 unspecified atom stereocenters. The summed E-state index contributed by atoms with van der Waals surface area (Å²) < 4.78 is 14.0. The summed E-state index contributed by atoms with van der Waals surface area (Å²) in [6.45, 7) is 5.83. The predicted octanol–water partition coefficient (Wildman–Crippen LogP) is 3.97. The van der Waals surface area contributed by atoms with E-state index in [1.165, 1.54) is 18.2 Å². The van der Waals surface area contributed by atoms with Crippen molar-refractivity contribution in [1.82, 2.24) is 9.97 Å². The highest BCUT2D eigenvalue weighted by molar-refractivity contribution is 5.61. The second-order valence-electron chi connectivity index (χ2n) is 5.79. The van der Waals surface area contributed by atoms with Crippen LogP contribution in [-0.4, -0.2) is 23.1 Å². The molecule has 116 valence electrons. The van der Waals surface area contributed by atoms with Crippen molar-refractivity contribution in [2.24, 2.45) is 0 Å². The van der Waals surface area contributed by atoms with Gasteiger partial charge in [-0.05, 0) is 50.3 Å². The lowest BCUT2D eigenvalue weighted by molar-refractivity contribution is 0.547. The van der Waals surface area contributed by atoms with Gasteiger partial charge in [0.25, 0.3) is 0 Å². The third-order valence-electron chi connectivity index (χ3n) is 4.23. The average molecular weight is 300 g/mol. The second kappa shape index (κ2) is 6.30. The molecule has 0 bridgehead atoms. The molecule has 2 heterocycles. The van der Waals surface area contributed by atoms with Gasteiger partial charge in [-0.25, -0.2) is 9.37 Å². The van der Waals surface area contributed by atoms with Crippen LogP contribution in [0.5, 0.6) is 0 Å². The number of halogens is 1. The molecular weight excluding hydrogens is 279 g/mol. The van der Waals surface area contributed by atoms with Crippen molar-refractivity contribution in [3.05, 3.63) is 41.3 Å². The van der Waals surface area contributed by atoms with E-state index in [0.717, 1.165) is 37.2 Å². The normalized spacial score (nSPS) is 15.0. The molecule has 1 saturated heterocycles. The van der Waals surface area contributed by atoms with Gasteiger partial charge in [-0.1, -0.05) is 12.1 Å². The molecule has 1 aliphatic heterocycles. The molecule has 0 amide bonds. The number of benzene rings is 1. The van der Waals surface area contributed by atoms with Crippen LogP contribution < -0.4 is 10.2 Å². The SMILES string of the molecule is Cc1cccc(Nc2ncc(F)c(N3CCCCC3)n2)c1C. The number of nitrogens with one attached hydrogen (secondary N) is 1. The monoisotopic (exact) mass is 300 g/mol. The Morgan fingerprint density at radius 3 is 2.68 bits per heavy atom. The van der Waals surface area contributed by atoms with Gasteiger partial charge in [0.05, 0.1) is 6.20 Å². The van der Waals surface area contributed by atoms with Crippen LogP contribution in [0.2, 0.25) is 0 Å². The highest BCUT2D eigenvalue weighted by Crippen LogP contribution is 2.25. The van der Waals surface area contributed by atoms with Crippen LogP contribution in [0, 0.1) is 19.7 Å². The van der Waals surface area contributed by atoms with Crippen molar-refractivity contribution in [2.45, 2.75) is 33.1 Å².